The van der Waals surface area contributed by atoms with Crippen LogP contribution in [0.25, 0.3) is 0 Å². The first-order chi connectivity index (χ1) is 16.3. The fourth-order valence-corrected chi connectivity index (χ4v) is 3.71. The Morgan fingerprint density at radius 1 is 1.03 bits per heavy atom. The van der Waals surface area contributed by atoms with E-state index in [1.807, 2.05) is 52.0 Å². The first kappa shape index (κ1) is 29.9. The zero-order chi connectivity index (χ0) is 26.8. The summed E-state index contributed by atoms with van der Waals surface area (Å²) in [7, 11) is 0. The molecule has 3 atom stereocenters. The average molecular weight is 491 g/mol. The highest BCUT2D eigenvalue weighted by Crippen LogP contribution is 2.24. The second-order valence-corrected chi connectivity index (χ2v) is 9.91. The topological polar surface area (TPSA) is 131 Å². The predicted molar refractivity (Wildman–Crippen MR) is 135 cm³/mol. The van der Waals surface area contributed by atoms with Crippen LogP contribution < -0.4 is 16.4 Å². The third-order valence-electron chi connectivity index (χ3n) is 5.21. The number of amides is 4. The van der Waals surface area contributed by atoms with Crippen LogP contribution in [0.15, 0.2) is 24.3 Å². The summed E-state index contributed by atoms with van der Waals surface area (Å²) >= 11 is 0. The minimum Gasteiger partial charge on any atom is -0.444 e. The molecule has 0 spiro atoms. The number of nitrogens with one attached hydrogen (secondary N) is 2. The zero-order valence-electron chi connectivity index (χ0n) is 22.1. The van der Waals surface area contributed by atoms with Crippen LogP contribution in [0.4, 0.5) is 4.79 Å². The number of benzene rings is 1. The molecule has 9 nitrogen and oxygen atoms in total. The van der Waals surface area contributed by atoms with Crippen LogP contribution in [0.1, 0.15) is 84.4 Å². The third-order valence-corrected chi connectivity index (χ3v) is 5.21. The van der Waals surface area contributed by atoms with E-state index in [0.29, 0.717) is 12.0 Å². The van der Waals surface area contributed by atoms with Crippen LogP contribution in [-0.2, 0) is 19.1 Å². The SMILES string of the molecule is CCCC(C)NC(=O)C(c1ccc(C)cc1)N(CCC)C(=O)C(CC(N)=O)NC(=O)OC(C)(C)C. The van der Waals surface area contributed by atoms with E-state index >= 15 is 0 Å². The van der Waals surface area contributed by atoms with Crippen molar-refractivity contribution in [3.05, 3.63) is 35.4 Å². The molecule has 0 saturated heterocycles. The van der Waals surface area contributed by atoms with Crippen molar-refractivity contribution in [1.82, 2.24) is 15.5 Å². The van der Waals surface area contributed by atoms with Gasteiger partial charge in [0.2, 0.25) is 17.7 Å². The highest BCUT2D eigenvalue weighted by molar-refractivity contribution is 5.94. The smallest absolute Gasteiger partial charge is 0.408 e. The van der Waals surface area contributed by atoms with Gasteiger partial charge in [-0.2, -0.15) is 0 Å². The number of nitrogens with zero attached hydrogens (tertiary/aromatic N) is 1. The second kappa shape index (κ2) is 13.7. The number of aryl methyl sites for hydroxylation is 1. The molecule has 0 bridgehead atoms. The minimum atomic E-state index is -1.28. The van der Waals surface area contributed by atoms with Gasteiger partial charge in [0.25, 0.3) is 0 Å². The molecule has 3 unspecified atom stereocenters. The molecular formula is C26H42N4O5. The Hall–Kier alpha value is -3.10. The fraction of sp³-hybridized carbons (Fsp3) is 0.615. The maximum Gasteiger partial charge on any atom is 0.408 e. The van der Waals surface area contributed by atoms with Crippen molar-refractivity contribution in [3.8, 4) is 0 Å². The number of alkyl carbamates (subject to hydrolysis) is 1. The van der Waals surface area contributed by atoms with Crippen LogP contribution >= 0.6 is 0 Å². The zero-order valence-corrected chi connectivity index (χ0v) is 22.1. The predicted octanol–water partition coefficient (Wildman–Crippen LogP) is 3.35. The Morgan fingerprint density at radius 2 is 1.63 bits per heavy atom. The average Bonchev–Trinajstić information content (AvgIpc) is 2.72. The van der Waals surface area contributed by atoms with E-state index in [2.05, 4.69) is 10.6 Å². The molecular weight excluding hydrogens is 448 g/mol. The second-order valence-electron chi connectivity index (χ2n) is 9.91. The lowest BCUT2D eigenvalue weighted by atomic mass is 10.00. The van der Waals surface area contributed by atoms with Crippen LogP contribution in [0.2, 0.25) is 0 Å². The monoisotopic (exact) mass is 490 g/mol. The van der Waals surface area contributed by atoms with Gasteiger partial charge in [-0.15, -0.1) is 0 Å². The number of hydrogen-bond donors (Lipinski definition) is 3. The number of nitrogens with two attached hydrogens (primary N) is 1. The van der Waals surface area contributed by atoms with Gasteiger partial charge in [-0.05, 0) is 53.0 Å². The van der Waals surface area contributed by atoms with Gasteiger partial charge in [0.1, 0.15) is 17.7 Å². The number of hydrogen-bond acceptors (Lipinski definition) is 5. The van der Waals surface area contributed by atoms with E-state index < -0.39 is 42.0 Å². The van der Waals surface area contributed by atoms with E-state index in [9.17, 15) is 19.2 Å². The highest BCUT2D eigenvalue weighted by Gasteiger charge is 2.36. The van der Waals surface area contributed by atoms with Gasteiger partial charge < -0.3 is 26.0 Å². The third kappa shape index (κ3) is 10.4. The molecule has 196 valence electrons. The number of carbonyl (C=O) groups is 4. The van der Waals surface area contributed by atoms with E-state index in [1.165, 1.54) is 4.90 Å². The van der Waals surface area contributed by atoms with E-state index in [-0.39, 0.29) is 18.5 Å². The molecule has 0 heterocycles. The van der Waals surface area contributed by atoms with Gasteiger partial charge in [-0.1, -0.05) is 50.1 Å². The number of ether oxygens (including phenoxy) is 1. The molecule has 0 fully saturated rings. The Kier molecular flexibility index (Phi) is 11.7. The van der Waals surface area contributed by atoms with Crippen molar-refractivity contribution in [2.75, 3.05) is 6.54 Å². The lowest BCUT2D eigenvalue weighted by Crippen LogP contribution is -2.54. The van der Waals surface area contributed by atoms with Gasteiger partial charge in [0, 0.05) is 12.6 Å². The Balaban J connectivity index is 3.41. The van der Waals surface area contributed by atoms with Gasteiger partial charge in [0.15, 0.2) is 0 Å². The Bertz CT molecular complexity index is 863. The summed E-state index contributed by atoms with van der Waals surface area (Å²) in [6.07, 6.45) is 0.975. The normalized spacial score (nSPS) is 13.8. The lowest BCUT2D eigenvalue weighted by Gasteiger charge is -2.34. The van der Waals surface area contributed by atoms with Crippen molar-refractivity contribution in [2.24, 2.45) is 5.73 Å². The molecule has 9 heteroatoms. The molecule has 4 N–H and O–H groups in total. The molecule has 0 saturated carbocycles. The molecule has 0 aromatic heterocycles. The first-order valence-corrected chi connectivity index (χ1v) is 12.2. The Morgan fingerprint density at radius 3 is 2.11 bits per heavy atom. The summed E-state index contributed by atoms with van der Waals surface area (Å²) in [5.74, 6) is -1.67. The molecule has 1 aromatic rings. The van der Waals surface area contributed by atoms with Gasteiger partial charge in [-0.25, -0.2) is 4.79 Å². The van der Waals surface area contributed by atoms with E-state index in [1.54, 1.807) is 20.8 Å². The van der Waals surface area contributed by atoms with Crippen LogP contribution in [0.5, 0.6) is 0 Å². The summed E-state index contributed by atoms with van der Waals surface area (Å²) < 4.78 is 5.27. The number of rotatable bonds is 12. The molecule has 0 aliphatic rings. The number of carbonyl (C=O) groups excluding carboxylic acids is 4. The van der Waals surface area contributed by atoms with E-state index in [0.717, 1.165) is 18.4 Å². The molecule has 0 aliphatic heterocycles. The van der Waals surface area contributed by atoms with Crippen molar-refractivity contribution in [2.45, 2.75) is 97.9 Å². The maximum atomic E-state index is 13.7. The standard InChI is InChI=1S/C26H42N4O5/c1-8-10-18(4)28-23(32)22(19-13-11-17(3)12-14-19)30(15-9-2)24(33)20(16-21(27)31)29-25(34)35-26(5,6)7/h11-14,18,20,22H,8-10,15-16H2,1-7H3,(H2,27,31)(H,28,32)(H,29,34). The van der Waals surface area contributed by atoms with Crippen molar-refractivity contribution in [3.63, 3.8) is 0 Å². The van der Waals surface area contributed by atoms with Gasteiger partial charge in [-0.3, -0.25) is 14.4 Å². The van der Waals surface area contributed by atoms with Crippen molar-refractivity contribution >= 4 is 23.8 Å². The highest BCUT2D eigenvalue weighted by atomic mass is 16.6. The van der Waals surface area contributed by atoms with Gasteiger partial charge >= 0.3 is 6.09 Å². The summed E-state index contributed by atoms with van der Waals surface area (Å²) in [5.41, 5.74) is 6.24. The van der Waals surface area contributed by atoms with Gasteiger partial charge in [0.05, 0.1) is 6.42 Å². The molecule has 1 aromatic carbocycles. The van der Waals surface area contributed by atoms with Crippen LogP contribution in [0.3, 0.4) is 0 Å². The lowest BCUT2D eigenvalue weighted by molar-refractivity contribution is -0.143. The minimum absolute atomic E-state index is 0.0830. The van der Waals surface area contributed by atoms with E-state index in [4.69, 9.17) is 10.5 Å². The molecule has 1 rings (SSSR count). The maximum absolute atomic E-state index is 13.7. The summed E-state index contributed by atoms with van der Waals surface area (Å²) in [6, 6.07) is 5.06. The largest absolute Gasteiger partial charge is 0.444 e. The molecule has 35 heavy (non-hydrogen) atoms. The summed E-state index contributed by atoms with van der Waals surface area (Å²) in [5, 5.41) is 5.48. The summed E-state index contributed by atoms with van der Waals surface area (Å²) in [6.45, 7) is 13.1. The summed E-state index contributed by atoms with van der Waals surface area (Å²) in [4.78, 5) is 52.8. The molecule has 4 amide bonds. The van der Waals surface area contributed by atoms with Crippen LogP contribution in [0, 0.1) is 6.92 Å². The molecule has 0 radical (unpaired) electrons. The quantitative estimate of drug-likeness (QED) is 0.414. The number of primary amides is 1. The first-order valence-electron chi connectivity index (χ1n) is 12.2. The van der Waals surface area contributed by atoms with Crippen molar-refractivity contribution in [1.29, 1.82) is 0 Å². The Labute approximate surface area is 209 Å². The fourth-order valence-electron chi connectivity index (χ4n) is 3.71. The van der Waals surface area contributed by atoms with Crippen LogP contribution in [-0.4, -0.2) is 52.9 Å². The molecule has 0 aliphatic carbocycles. The van der Waals surface area contributed by atoms with Crippen molar-refractivity contribution < 1.29 is 23.9 Å².